The van der Waals surface area contributed by atoms with Crippen LogP contribution in [-0.4, -0.2) is 30.5 Å². The van der Waals surface area contributed by atoms with Crippen molar-refractivity contribution in [3.8, 4) is 11.5 Å². The molecule has 0 saturated heterocycles. The lowest BCUT2D eigenvalue weighted by atomic mass is 10.1. The molecule has 0 radical (unpaired) electrons. The number of ether oxygens (including phenoxy) is 3. The Labute approximate surface area is 175 Å². The van der Waals surface area contributed by atoms with Crippen LogP contribution in [-0.2, 0) is 11.3 Å². The van der Waals surface area contributed by atoms with Gasteiger partial charge in [-0.3, -0.25) is 14.9 Å². The molecular formula is C19H19BrN2O7. The highest BCUT2D eigenvalue weighted by atomic mass is 79.9. The van der Waals surface area contributed by atoms with Crippen LogP contribution in [0.1, 0.15) is 39.6 Å². The van der Waals surface area contributed by atoms with E-state index in [1.165, 1.54) is 31.4 Å². The Morgan fingerprint density at radius 2 is 1.93 bits per heavy atom. The SMILES string of the molecule is CCCOc1c(Br)cc(C(=O)OCc2ccc(C(N)=O)cc2[N+](=O)[O-])cc1OC. The van der Waals surface area contributed by atoms with Crippen LogP contribution in [0.3, 0.4) is 0 Å². The van der Waals surface area contributed by atoms with E-state index in [4.69, 9.17) is 19.9 Å². The summed E-state index contributed by atoms with van der Waals surface area (Å²) in [5.74, 6) is -0.696. The van der Waals surface area contributed by atoms with Crippen LogP contribution in [0.25, 0.3) is 0 Å². The average Bonchev–Trinajstić information content (AvgIpc) is 2.70. The predicted octanol–water partition coefficient (Wildman–Crippen LogP) is 3.61. The number of benzene rings is 2. The number of halogens is 1. The minimum Gasteiger partial charge on any atom is -0.493 e. The maximum Gasteiger partial charge on any atom is 0.338 e. The number of nitrogens with two attached hydrogens (primary N) is 1. The zero-order chi connectivity index (χ0) is 21.6. The van der Waals surface area contributed by atoms with Gasteiger partial charge in [-0.25, -0.2) is 4.79 Å². The summed E-state index contributed by atoms with van der Waals surface area (Å²) >= 11 is 3.34. The lowest BCUT2D eigenvalue weighted by Gasteiger charge is -2.14. The number of nitro groups is 1. The predicted molar refractivity (Wildman–Crippen MR) is 107 cm³/mol. The van der Waals surface area contributed by atoms with Crippen molar-refractivity contribution in [3.63, 3.8) is 0 Å². The number of esters is 1. The Morgan fingerprint density at radius 1 is 1.21 bits per heavy atom. The van der Waals surface area contributed by atoms with Gasteiger partial charge in [0.2, 0.25) is 5.91 Å². The Kier molecular flexibility index (Phi) is 7.54. The monoisotopic (exact) mass is 466 g/mol. The van der Waals surface area contributed by atoms with Gasteiger partial charge in [-0.05, 0) is 46.6 Å². The summed E-state index contributed by atoms with van der Waals surface area (Å²) in [5.41, 5.74) is 5.07. The van der Waals surface area contributed by atoms with Gasteiger partial charge in [0.15, 0.2) is 11.5 Å². The third-order valence-corrected chi connectivity index (χ3v) is 4.43. The lowest BCUT2D eigenvalue weighted by molar-refractivity contribution is -0.385. The molecule has 0 bridgehead atoms. The van der Waals surface area contributed by atoms with E-state index in [-0.39, 0.29) is 29.0 Å². The van der Waals surface area contributed by atoms with Crippen molar-refractivity contribution in [2.24, 2.45) is 5.73 Å². The molecule has 0 heterocycles. The summed E-state index contributed by atoms with van der Waals surface area (Å²) in [6.45, 7) is 2.08. The van der Waals surface area contributed by atoms with E-state index in [0.29, 0.717) is 22.6 Å². The fourth-order valence-electron chi connectivity index (χ4n) is 2.42. The molecular weight excluding hydrogens is 448 g/mol. The second-order valence-electron chi connectivity index (χ2n) is 5.88. The third kappa shape index (κ3) is 5.44. The van der Waals surface area contributed by atoms with Crippen molar-refractivity contribution in [1.29, 1.82) is 0 Å². The van der Waals surface area contributed by atoms with Gasteiger partial charge in [-0.1, -0.05) is 6.92 Å². The molecule has 0 aliphatic rings. The molecule has 0 atom stereocenters. The largest absolute Gasteiger partial charge is 0.493 e. The van der Waals surface area contributed by atoms with Crippen molar-refractivity contribution < 1.29 is 28.7 Å². The van der Waals surface area contributed by atoms with Crippen molar-refractivity contribution in [2.45, 2.75) is 20.0 Å². The van der Waals surface area contributed by atoms with Crippen molar-refractivity contribution in [3.05, 3.63) is 61.6 Å². The molecule has 0 saturated carbocycles. The summed E-state index contributed by atoms with van der Waals surface area (Å²) in [7, 11) is 1.44. The summed E-state index contributed by atoms with van der Waals surface area (Å²) in [4.78, 5) is 34.2. The van der Waals surface area contributed by atoms with Gasteiger partial charge in [-0.15, -0.1) is 0 Å². The van der Waals surface area contributed by atoms with Gasteiger partial charge < -0.3 is 19.9 Å². The van der Waals surface area contributed by atoms with Gasteiger partial charge in [0.25, 0.3) is 5.69 Å². The van der Waals surface area contributed by atoms with Crippen LogP contribution in [0.2, 0.25) is 0 Å². The molecule has 0 aliphatic heterocycles. The first-order valence-electron chi connectivity index (χ1n) is 8.53. The van der Waals surface area contributed by atoms with Crippen molar-refractivity contribution in [2.75, 3.05) is 13.7 Å². The fraction of sp³-hybridized carbons (Fsp3) is 0.263. The molecule has 154 valence electrons. The van der Waals surface area contributed by atoms with Crippen LogP contribution in [0.4, 0.5) is 5.69 Å². The van der Waals surface area contributed by atoms with Crippen LogP contribution in [0.15, 0.2) is 34.8 Å². The zero-order valence-corrected chi connectivity index (χ0v) is 17.4. The smallest absolute Gasteiger partial charge is 0.338 e. The van der Waals surface area contributed by atoms with Crippen molar-refractivity contribution in [1.82, 2.24) is 0 Å². The molecule has 0 spiro atoms. The van der Waals surface area contributed by atoms with Crippen LogP contribution < -0.4 is 15.2 Å². The Morgan fingerprint density at radius 3 is 2.52 bits per heavy atom. The number of amides is 1. The van der Waals surface area contributed by atoms with Crippen LogP contribution in [0.5, 0.6) is 11.5 Å². The van der Waals surface area contributed by atoms with Gasteiger partial charge in [0.1, 0.15) is 6.61 Å². The van der Waals surface area contributed by atoms with Gasteiger partial charge in [0.05, 0.1) is 34.2 Å². The van der Waals surface area contributed by atoms with E-state index in [1.54, 1.807) is 0 Å². The number of hydrogen-bond donors (Lipinski definition) is 1. The minimum atomic E-state index is -0.793. The second kappa shape index (κ2) is 9.87. The molecule has 0 aliphatic carbocycles. The maximum atomic E-state index is 12.4. The zero-order valence-electron chi connectivity index (χ0n) is 15.8. The summed E-state index contributed by atoms with van der Waals surface area (Å²) in [6, 6.07) is 6.68. The number of methoxy groups -OCH3 is 1. The highest BCUT2D eigenvalue weighted by molar-refractivity contribution is 9.10. The molecule has 2 aromatic rings. The molecule has 29 heavy (non-hydrogen) atoms. The molecule has 2 N–H and O–H groups in total. The number of nitrogens with zero attached hydrogens (tertiary/aromatic N) is 1. The third-order valence-electron chi connectivity index (χ3n) is 3.84. The molecule has 10 heteroatoms. The first-order valence-corrected chi connectivity index (χ1v) is 9.32. The quantitative estimate of drug-likeness (QED) is 0.339. The van der Waals surface area contributed by atoms with Crippen LogP contribution in [0, 0.1) is 10.1 Å². The number of hydrogen-bond acceptors (Lipinski definition) is 7. The molecule has 9 nitrogen and oxygen atoms in total. The highest BCUT2D eigenvalue weighted by Crippen LogP contribution is 2.37. The van der Waals surface area contributed by atoms with E-state index >= 15 is 0 Å². The first kappa shape index (κ1) is 22.2. The van der Waals surface area contributed by atoms with E-state index in [1.807, 2.05) is 6.92 Å². The Hall–Kier alpha value is -3.14. The number of rotatable bonds is 9. The molecule has 2 rings (SSSR count). The summed E-state index contributed by atoms with van der Waals surface area (Å²) in [5, 5.41) is 11.2. The Balaban J connectivity index is 2.22. The molecule has 0 aromatic heterocycles. The number of nitro benzene ring substituents is 1. The number of carbonyl (C=O) groups excluding carboxylic acids is 2. The first-order chi connectivity index (χ1) is 13.8. The van der Waals surface area contributed by atoms with Gasteiger partial charge >= 0.3 is 5.97 Å². The van der Waals surface area contributed by atoms with E-state index in [9.17, 15) is 19.7 Å². The standard InChI is InChI=1S/C19H19BrN2O7/c1-3-6-28-17-14(20)7-13(9-16(17)27-2)19(24)29-10-12-5-4-11(18(21)23)8-15(12)22(25)26/h4-5,7-9H,3,6,10H2,1-2H3,(H2,21,23). The van der Waals surface area contributed by atoms with E-state index < -0.39 is 16.8 Å². The Bertz CT molecular complexity index is 946. The van der Waals surface area contributed by atoms with Crippen molar-refractivity contribution >= 4 is 33.5 Å². The van der Waals surface area contributed by atoms with Gasteiger partial charge in [0, 0.05) is 11.6 Å². The topological polar surface area (TPSA) is 131 Å². The second-order valence-corrected chi connectivity index (χ2v) is 6.73. The molecule has 1 amide bonds. The minimum absolute atomic E-state index is 0.0110. The normalized spacial score (nSPS) is 10.3. The number of carbonyl (C=O) groups is 2. The molecule has 0 fully saturated rings. The molecule has 2 aromatic carbocycles. The maximum absolute atomic E-state index is 12.4. The van der Waals surface area contributed by atoms with Crippen LogP contribution >= 0.6 is 15.9 Å². The van der Waals surface area contributed by atoms with Gasteiger partial charge in [-0.2, -0.15) is 0 Å². The summed E-state index contributed by atoms with van der Waals surface area (Å²) < 4.78 is 16.6. The van der Waals surface area contributed by atoms with E-state index in [0.717, 1.165) is 12.5 Å². The number of primary amides is 1. The highest BCUT2D eigenvalue weighted by Gasteiger charge is 2.20. The summed E-state index contributed by atoms with van der Waals surface area (Å²) in [6.07, 6.45) is 0.798. The lowest BCUT2D eigenvalue weighted by Crippen LogP contribution is -2.12. The fourth-order valence-corrected chi connectivity index (χ4v) is 2.97. The molecule has 0 unspecified atom stereocenters. The average molecular weight is 467 g/mol. The van der Waals surface area contributed by atoms with E-state index in [2.05, 4.69) is 15.9 Å².